The van der Waals surface area contributed by atoms with Crippen molar-refractivity contribution in [2.45, 2.75) is 11.3 Å². The molecule has 0 unspecified atom stereocenters. The maximum Gasteiger partial charge on any atom is 0.264 e. The van der Waals surface area contributed by atoms with Crippen molar-refractivity contribution in [3.8, 4) is 0 Å². The zero-order valence-corrected chi connectivity index (χ0v) is 12.5. The Balaban J connectivity index is 2.09. The van der Waals surface area contributed by atoms with Gasteiger partial charge in [-0.3, -0.25) is 4.31 Å². The number of anilines is 2. The van der Waals surface area contributed by atoms with Gasteiger partial charge in [0.2, 0.25) is 0 Å². The number of sulfonamides is 1. The highest BCUT2D eigenvalue weighted by Crippen LogP contribution is 2.34. The van der Waals surface area contributed by atoms with E-state index in [1.54, 1.807) is 6.07 Å². The van der Waals surface area contributed by atoms with E-state index in [-0.39, 0.29) is 17.1 Å². The number of fused-ring (bicyclic) bond motifs is 1. The molecule has 1 heterocycles. The highest BCUT2D eigenvalue weighted by Gasteiger charge is 2.31. The Kier molecular flexibility index (Phi) is 3.30. The van der Waals surface area contributed by atoms with Crippen LogP contribution in [0.15, 0.2) is 41.3 Å². The third-order valence-corrected chi connectivity index (χ3v) is 5.61. The molecule has 0 fully saturated rings. The van der Waals surface area contributed by atoms with Crippen molar-refractivity contribution < 1.29 is 12.8 Å². The van der Waals surface area contributed by atoms with Gasteiger partial charge in [-0.1, -0.05) is 17.7 Å². The average Bonchev–Trinajstić information content (AvgIpc) is 2.85. The van der Waals surface area contributed by atoms with Gasteiger partial charge in [-0.25, -0.2) is 12.8 Å². The van der Waals surface area contributed by atoms with E-state index in [0.29, 0.717) is 17.1 Å². The van der Waals surface area contributed by atoms with Crippen LogP contribution < -0.4 is 10.0 Å². The monoisotopic (exact) mass is 326 g/mol. The predicted molar refractivity (Wildman–Crippen MR) is 80.5 cm³/mol. The Hall–Kier alpha value is -1.79. The fourth-order valence-electron chi connectivity index (χ4n) is 2.38. The summed E-state index contributed by atoms with van der Waals surface area (Å²) in [6, 6.07) is 8.32. The minimum atomic E-state index is -3.78. The lowest BCUT2D eigenvalue weighted by molar-refractivity contribution is 0.592. The summed E-state index contributed by atoms with van der Waals surface area (Å²) in [7, 11) is -3.78. The van der Waals surface area contributed by atoms with Crippen LogP contribution in [0.2, 0.25) is 5.02 Å². The second-order valence-electron chi connectivity index (χ2n) is 4.78. The summed E-state index contributed by atoms with van der Waals surface area (Å²) >= 11 is 5.81. The van der Waals surface area contributed by atoms with Crippen molar-refractivity contribution in [1.29, 1.82) is 0 Å². The summed E-state index contributed by atoms with van der Waals surface area (Å²) in [6.45, 7) is 0.281. The highest BCUT2D eigenvalue weighted by molar-refractivity contribution is 7.92. The van der Waals surface area contributed by atoms with Crippen LogP contribution >= 0.6 is 11.6 Å². The van der Waals surface area contributed by atoms with E-state index in [1.807, 2.05) is 0 Å². The fourth-order valence-corrected chi connectivity index (χ4v) is 4.03. The van der Waals surface area contributed by atoms with Crippen LogP contribution in [0.4, 0.5) is 15.8 Å². The SMILES string of the molecule is Nc1cc(S(=O)(=O)N2CCc3ccc(F)cc32)ccc1Cl. The number of nitrogens with two attached hydrogens (primary N) is 1. The summed E-state index contributed by atoms with van der Waals surface area (Å²) in [5, 5.41) is 0.293. The third-order valence-electron chi connectivity index (χ3n) is 3.46. The minimum absolute atomic E-state index is 0.0431. The van der Waals surface area contributed by atoms with Gasteiger partial charge < -0.3 is 5.73 Å². The Morgan fingerprint density at radius 1 is 1.19 bits per heavy atom. The summed E-state index contributed by atoms with van der Waals surface area (Å²) in [5.74, 6) is -0.466. The van der Waals surface area contributed by atoms with Gasteiger partial charge >= 0.3 is 0 Å². The van der Waals surface area contributed by atoms with Crippen molar-refractivity contribution in [3.05, 3.63) is 52.8 Å². The van der Waals surface area contributed by atoms with E-state index in [9.17, 15) is 12.8 Å². The summed E-state index contributed by atoms with van der Waals surface area (Å²) in [5.41, 5.74) is 7.04. The molecular weight excluding hydrogens is 315 g/mol. The minimum Gasteiger partial charge on any atom is -0.397 e. The van der Waals surface area contributed by atoms with Crippen molar-refractivity contribution >= 4 is 33.0 Å². The normalized spacial score (nSPS) is 14.3. The Bertz CT molecular complexity index is 824. The van der Waals surface area contributed by atoms with Gasteiger partial charge in [-0.15, -0.1) is 0 Å². The van der Waals surface area contributed by atoms with E-state index in [0.717, 1.165) is 5.56 Å². The lowest BCUT2D eigenvalue weighted by atomic mass is 10.2. The number of rotatable bonds is 2. The molecule has 0 aromatic heterocycles. The number of nitrogen functional groups attached to an aromatic ring is 1. The molecule has 0 saturated carbocycles. The maximum atomic E-state index is 13.4. The smallest absolute Gasteiger partial charge is 0.264 e. The molecule has 0 atom stereocenters. The molecular formula is C14H12ClFN2O2S. The molecule has 3 rings (SSSR count). The Morgan fingerprint density at radius 3 is 2.67 bits per heavy atom. The molecule has 0 radical (unpaired) electrons. The number of benzene rings is 2. The predicted octanol–water partition coefficient (Wildman–Crippen LogP) is 2.81. The zero-order valence-electron chi connectivity index (χ0n) is 10.9. The van der Waals surface area contributed by atoms with Crippen molar-refractivity contribution in [1.82, 2.24) is 0 Å². The fraction of sp³-hybridized carbons (Fsp3) is 0.143. The molecule has 0 amide bonds. The van der Waals surface area contributed by atoms with E-state index >= 15 is 0 Å². The van der Waals surface area contributed by atoms with E-state index in [4.69, 9.17) is 17.3 Å². The molecule has 2 aromatic rings. The van der Waals surface area contributed by atoms with Crippen LogP contribution in [0.5, 0.6) is 0 Å². The Morgan fingerprint density at radius 2 is 1.95 bits per heavy atom. The molecule has 110 valence electrons. The summed E-state index contributed by atoms with van der Waals surface area (Å²) in [6.07, 6.45) is 0.553. The standard InChI is InChI=1S/C14H12ClFN2O2S/c15-12-4-3-11(8-13(12)17)21(19,20)18-6-5-9-1-2-10(16)7-14(9)18/h1-4,7-8H,5-6,17H2. The van der Waals surface area contributed by atoms with Gasteiger partial charge in [0.05, 0.1) is 21.3 Å². The quantitative estimate of drug-likeness (QED) is 0.863. The Labute approximate surface area is 127 Å². The molecule has 0 aliphatic carbocycles. The molecule has 0 bridgehead atoms. The highest BCUT2D eigenvalue weighted by atomic mass is 35.5. The van der Waals surface area contributed by atoms with Crippen LogP contribution in [0.1, 0.15) is 5.56 Å². The second kappa shape index (κ2) is 4.89. The zero-order chi connectivity index (χ0) is 15.2. The first-order valence-corrected chi connectivity index (χ1v) is 8.07. The van der Waals surface area contributed by atoms with Gasteiger partial charge in [-0.05, 0) is 42.3 Å². The molecule has 0 spiro atoms. The lowest BCUT2D eigenvalue weighted by Gasteiger charge is -2.20. The molecule has 7 heteroatoms. The number of hydrogen-bond donors (Lipinski definition) is 1. The lowest BCUT2D eigenvalue weighted by Crippen LogP contribution is -2.29. The van der Waals surface area contributed by atoms with Gasteiger partial charge in [0.1, 0.15) is 5.82 Å². The second-order valence-corrected chi connectivity index (χ2v) is 7.05. The van der Waals surface area contributed by atoms with Crippen LogP contribution in [0.3, 0.4) is 0 Å². The molecule has 4 nitrogen and oxygen atoms in total. The van der Waals surface area contributed by atoms with Crippen LogP contribution in [-0.2, 0) is 16.4 Å². The number of hydrogen-bond acceptors (Lipinski definition) is 3. The van der Waals surface area contributed by atoms with Crippen molar-refractivity contribution in [2.24, 2.45) is 0 Å². The molecule has 1 aliphatic rings. The van der Waals surface area contributed by atoms with Crippen molar-refractivity contribution in [3.63, 3.8) is 0 Å². The molecule has 0 saturated heterocycles. The van der Waals surface area contributed by atoms with Gasteiger partial charge in [0.15, 0.2) is 0 Å². The molecule has 1 aliphatic heterocycles. The van der Waals surface area contributed by atoms with E-state index < -0.39 is 15.8 Å². The van der Waals surface area contributed by atoms with Crippen LogP contribution in [0.25, 0.3) is 0 Å². The topological polar surface area (TPSA) is 63.4 Å². The third kappa shape index (κ3) is 2.34. The van der Waals surface area contributed by atoms with Crippen LogP contribution in [0, 0.1) is 5.82 Å². The van der Waals surface area contributed by atoms with Gasteiger partial charge in [0, 0.05) is 6.54 Å². The first-order chi connectivity index (χ1) is 9.89. The molecule has 2 aromatic carbocycles. The van der Waals surface area contributed by atoms with Crippen molar-refractivity contribution in [2.75, 3.05) is 16.6 Å². The molecule has 2 N–H and O–H groups in total. The molecule has 21 heavy (non-hydrogen) atoms. The average molecular weight is 327 g/mol. The number of nitrogens with zero attached hydrogens (tertiary/aromatic N) is 1. The first kappa shape index (κ1) is 14.2. The van der Waals surface area contributed by atoms with E-state index in [2.05, 4.69) is 0 Å². The van der Waals surface area contributed by atoms with E-state index in [1.165, 1.54) is 34.6 Å². The first-order valence-electron chi connectivity index (χ1n) is 6.26. The van der Waals surface area contributed by atoms with Gasteiger partial charge in [0.25, 0.3) is 10.0 Å². The summed E-state index contributed by atoms with van der Waals surface area (Å²) in [4.78, 5) is 0.0431. The number of halogens is 2. The largest absolute Gasteiger partial charge is 0.397 e. The summed E-state index contributed by atoms with van der Waals surface area (Å²) < 4.78 is 39.9. The van der Waals surface area contributed by atoms with Gasteiger partial charge in [-0.2, -0.15) is 0 Å². The van der Waals surface area contributed by atoms with Crippen LogP contribution in [-0.4, -0.2) is 15.0 Å². The maximum absolute atomic E-state index is 13.4.